The van der Waals surface area contributed by atoms with Crippen LogP contribution in [0.3, 0.4) is 0 Å². The summed E-state index contributed by atoms with van der Waals surface area (Å²) < 4.78 is 8.11. The summed E-state index contributed by atoms with van der Waals surface area (Å²) in [7, 11) is 2.02. The van der Waals surface area contributed by atoms with Crippen LogP contribution in [0.25, 0.3) is 0 Å². The van der Waals surface area contributed by atoms with Crippen LogP contribution in [0.4, 0.5) is 5.82 Å². The maximum atomic E-state index is 5.92. The third-order valence-corrected chi connectivity index (χ3v) is 4.16. The molecule has 0 N–H and O–H groups in total. The smallest absolute Gasteiger partial charge is 0.151 e. The molecule has 0 bridgehead atoms. The van der Waals surface area contributed by atoms with Crippen LogP contribution in [-0.2, 0) is 17.8 Å². The lowest BCUT2D eigenvalue weighted by molar-refractivity contribution is -0.0275. The Hall–Kier alpha value is -1.99. The first kappa shape index (κ1) is 15.9. The Morgan fingerprint density at radius 3 is 3.09 bits per heavy atom. The van der Waals surface area contributed by atoms with Gasteiger partial charge < -0.3 is 14.2 Å². The number of likely N-dealkylation sites (N-methyl/N-ethyl adjacent to an activating group) is 1. The lowest BCUT2D eigenvalue weighted by Crippen LogP contribution is -2.47. The Bertz CT molecular complexity index is 602. The van der Waals surface area contributed by atoms with Crippen molar-refractivity contribution in [3.05, 3.63) is 36.5 Å². The minimum atomic E-state index is 0.167. The molecule has 1 atom stereocenters. The van der Waals surface area contributed by atoms with Crippen LogP contribution < -0.4 is 4.90 Å². The van der Waals surface area contributed by atoms with Crippen molar-refractivity contribution >= 4 is 5.82 Å². The van der Waals surface area contributed by atoms with Gasteiger partial charge in [0.1, 0.15) is 5.82 Å². The van der Waals surface area contributed by atoms with Gasteiger partial charge in [-0.2, -0.15) is 5.10 Å². The van der Waals surface area contributed by atoms with E-state index in [-0.39, 0.29) is 6.10 Å². The zero-order valence-corrected chi connectivity index (χ0v) is 13.8. The van der Waals surface area contributed by atoms with E-state index in [1.807, 2.05) is 31.6 Å². The van der Waals surface area contributed by atoms with Gasteiger partial charge in [-0.25, -0.2) is 4.98 Å². The van der Waals surface area contributed by atoms with Gasteiger partial charge in [-0.05, 0) is 19.1 Å². The number of hydrogen-bond donors (Lipinski definition) is 0. The number of nitrogens with zero attached hydrogens (tertiary/aromatic N) is 6. The average molecular weight is 316 g/mol. The van der Waals surface area contributed by atoms with Crippen LogP contribution in [0, 0.1) is 0 Å². The van der Waals surface area contributed by atoms with Crippen molar-refractivity contribution in [3.8, 4) is 0 Å². The molecular formula is C16H24N6O. The first-order valence-corrected chi connectivity index (χ1v) is 8.09. The fourth-order valence-corrected chi connectivity index (χ4v) is 2.91. The number of aromatic nitrogens is 4. The van der Waals surface area contributed by atoms with Crippen LogP contribution >= 0.6 is 0 Å². The zero-order valence-electron chi connectivity index (χ0n) is 13.8. The topological polar surface area (TPSA) is 59.3 Å². The molecule has 0 amide bonds. The first-order valence-electron chi connectivity index (χ1n) is 8.09. The van der Waals surface area contributed by atoms with E-state index in [1.54, 1.807) is 6.20 Å². The number of morpholine rings is 1. The van der Waals surface area contributed by atoms with Crippen molar-refractivity contribution < 1.29 is 4.74 Å². The Morgan fingerprint density at radius 2 is 2.30 bits per heavy atom. The van der Waals surface area contributed by atoms with Crippen molar-refractivity contribution in [2.75, 3.05) is 38.2 Å². The van der Waals surface area contributed by atoms with Crippen molar-refractivity contribution in [1.82, 2.24) is 24.6 Å². The van der Waals surface area contributed by atoms with Gasteiger partial charge in [0, 0.05) is 51.8 Å². The molecule has 1 saturated heterocycles. The summed E-state index contributed by atoms with van der Waals surface area (Å²) >= 11 is 0. The summed E-state index contributed by atoms with van der Waals surface area (Å²) in [5, 5.41) is 8.07. The van der Waals surface area contributed by atoms with E-state index in [9.17, 15) is 0 Å². The van der Waals surface area contributed by atoms with Crippen LogP contribution in [0.5, 0.6) is 0 Å². The molecule has 0 aliphatic carbocycles. The zero-order chi connectivity index (χ0) is 16.1. The Labute approximate surface area is 136 Å². The van der Waals surface area contributed by atoms with E-state index in [2.05, 4.69) is 36.5 Å². The molecule has 0 spiro atoms. The predicted molar refractivity (Wildman–Crippen MR) is 88.2 cm³/mol. The maximum Gasteiger partial charge on any atom is 0.151 e. The summed E-state index contributed by atoms with van der Waals surface area (Å²) in [5.74, 6) is 1.99. The monoisotopic (exact) mass is 316 g/mol. The Balaban J connectivity index is 1.56. The number of hydrogen-bond acceptors (Lipinski definition) is 6. The highest BCUT2D eigenvalue weighted by molar-refractivity contribution is 5.35. The molecule has 1 unspecified atom stereocenters. The number of imidazole rings is 1. The van der Waals surface area contributed by atoms with Crippen LogP contribution in [0.2, 0.25) is 0 Å². The number of rotatable bonds is 6. The minimum Gasteiger partial charge on any atom is -0.374 e. The SMILES string of the molecule is CCn1ccnc1CN1CCOC(CN(C)c2cccnn2)C1. The van der Waals surface area contributed by atoms with Crippen molar-refractivity contribution in [2.24, 2.45) is 0 Å². The molecular weight excluding hydrogens is 292 g/mol. The minimum absolute atomic E-state index is 0.167. The van der Waals surface area contributed by atoms with Gasteiger partial charge in [0.25, 0.3) is 0 Å². The molecule has 7 heteroatoms. The van der Waals surface area contributed by atoms with Gasteiger partial charge in [0.05, 0.1) is 19.3 Å². The average Bonchev–Trinajstić information content (AvgIpc) is 3.03. The van der Waals surface area contributed by atoms with Crippen LogP contribution in [-0.4, -0.2) is 64.0 Å². The Kier molecular flexibility index (Phi) is 5.19. The van der Waals surface area contributed by atoms with Gasteiger partial charge in [-0.15, -0.1) is 5.10 Å². The summed E-state index contributed by atoms with van der Waals surface area (Å²) in [6.45, 7) is 7.38. The van der Waals surface area contributed by atoms with E-state index in [0.717, 1.165) is 51.0 Å². The van der Waals surface area contributed by atoms with Crippen molar-refractivity contribution in [2.45, 2.75) is 26.1 Å². The highest BCUT2D eigenvalue weighted by atomic mass is 16.5. The third-order valence-electron chi connectivity index (χ3n) is 4.16. The van der Waals surface area contributed by atoms with Gasteiger partial charge in [-0.3, -0.25) is 4.90 Å². The molecule has 124 valence electrons. The fourth-order valence-electron chi connectivity index (χ4n) is 2.91. The highest BCUT2D eigenvalue weighted by Crippen LogP contribution is 2.13. The van der Waals surface area contributed by atoms with Crippen molar-refractivity contribution in [1.29, 1.82) is 0 Å². The van der Waals surface area contributed by atoms with Crippen LogP contribution in [0.1, 0.15) is 12.7 Å². The normalized spacial score (nSPS) is 19.0. The lowest BCUT2D eigenvalue weighted by atomic mass is 10.2. The molecule has 7 nitrogen and oxygen atoms in total. The first-order chi connectivity index (χ1) is 11.3. The number of anilines is 1. The van der Waals surface area contributed by atoms with Gasteiger partial charge in [-0.1, -0.05) is 0 Å². The molecule has 0 radical (unpaired) electrons. The standard InChI is InChI=1S/C16H24N6O/c1-3-22-8-7-17-16(22)13-21-9-10-23-14(12-21)11-20(2)15-5-4-6-18-19-15/h4-8,14H,3,9-13H2,1-2H3. The largest absolute Gasteiger partial charge is 0.374 e. The molecule has 0 aromatic carbocycles. The second-order valence-electron chi connectivity index (χ2n) is 5.82. The molecule has 0 saturated carbocycles. The third kappa shape index (κ3) is 4.05. The molecule has 3 heterocycles. The van der Waals surface area contributed by atoms with E-state index in [0.29, 0.717) is 0 Å². The number of ether oxygens (including phenoxy) is 1. The Morgan fingerprint density at radius 1 is 1.39 bits per heavy atom. The molecule has 2 aromatic heterocycles. The molecule has 1 aliphatic heterocycles. The summed E-state index contributed by atoms with van der Waals surface area (Å²) in [6.07, 6.45) is 5.76. The molecule has 1 fully saturated rings. The van der Waals surface area contributed by atoms with Crippen LogP contribution in [0.15, 0.2) is 30.7 Å². The fraction of sp³-hybridized carbons (Fsp3) is 0.562. The highest BCUT2D eigenvalue weighted by Gasteiger charge is 2.23. The summed E-state index contributed by atoms with van der Waals surface area (Å²) in [6, 6.07) is 3.86. The van der Waals surface area contributed by atoms with Crippen molar-refractivity contribution in [3.63, 3.8) is 0 Å². The quantitative estimate of drug-likeness (QED) is 0.793. The van der Waals surface area contributed by atoms with E-state index in [4.69, 9.17) is 4.74 Å². The van der Waals surface area contributed by atoms with Gasteiger partial charge >= 0.3 is 0 Å². The summed E-state index contributed by atoms with van der Waals surface area (Å²) in [5.41, 5.74) is 0. The second-order valence-corrected chi connectivity index (χ2v) is 5.82. The van der Waals surface area contributed by atoms with E-state index in [1.165, 1.54) is 0 Å². The molecule has 1 aliphatic rings. The number of aryl methyl sites for hydroxylation is 1. The maximum absolute atomic E-state index is 5.92. The molecule has 2 aromatic rings. The van der Waals surface area contributed by atoms with E-state index < -0.39 is 0 Å². The predicted octanol–water partition coefficient (Wildman–Crippen LogP) is 1.03. The molecule has 23 heavy (non-hydrogen) atoms. The van der Waals surface area contributed by atoms with E-state index >= 15 is 0 Å². The lowest BCUT2D eigenvalue weighted by Gasteiger charge is -2.34. The summed E-state index contributed by atoms with van der Waals surface area (Å²) in [4.78, 5) is 8.97. The second kappa shape index (κ2) is 7.52. The molecule has 3 rings (SSSR count). The van der Waals surface area contributed by atoms with Gasteiger partial charge in [0.15, 0.2) is 5.82 Å². The van der Waals surface area contributed by atoms with Gasteiger partial charge in [0.2, 0.25) is 0 Å².